The van der Waals surface area contributed by atoms with E-state index in [1.165, 1.54) is 0 Å². The molecule has 0 radical (unpaired) electrons. The van der Waals surface area contributed by atoms with Gasteiger partial charge < -0.3 is 15.1 Å². The van der Waals surface area contributed by atoms with Gasteiger partial charge in [-0.1, -0.05) is 13.8 Å². The first-order chi connectivity index (χ1) is 11.5. The van der Waals surface area contributed by atoms with E-state index in [1.54, 1.807) is 0 Å². The second-order valence-electron chi connectivity index (χ2n) is 7.22. The minimum Gasteiger partial charge on any atom is -0.353 e. The number of piperazine rings is 1. The number of nitrogens with zero attached hydrogens (tertiary/aromatic N) is 4. The van der Waals surface area contributed by atoms with Crippen LogP contribution in [0.25, 0.3) is 0 Å². The Balaban J connectivity index is 0.00000225. The topological polar surface area (TPSA) is 61.4 Å². The molecule has 0 saturated carbocycles. The molecule has 3 heterocycles. The Morgan fingerprint density at radius 2 is 1.80 bits per heavy atom. The van der Waals surface area contributed by atoms with Crippen LogP contribution >= 0.6 is 12.4 Å². The number of anilines is 1. The lowest BCUT2D eigenvalue weighted by molar-refractivity contribution is -0.136. The second kappa shape index (κ2) is 8.81. The molecule has 6 nitrogen and oxygen atoms in total. The van der Waals surface area contributed by atoms with Crippen LogP contribution in [-0.4, -0.2) is 60.0 Å². The van der Waals surface area contributed by atoms with Gasteiger partial charge in [0.25, 0.3) is 0 Å². The molecule has 0 aliphatic carbocycles. The van der Waals surface area contributed by atoms with Crippen molar-refractivity contribution in [1.29, 1.82) is 0 Å². The molecule has 3 rings (SSSR count). The number of aryl methyl sites for hydroxylation is 1. The van der Waals surface area contributed by atoms with E-state index in [0.29, 0.717) is 11.8 Å². The first-order valence-corrected chi connectivity index (χ1v) is 9.14. The molecular formula is C18H30ClN5O. The van der Waals surface area contributed by atoms with Gasteiger partial charge in [-0.05, 0) is 32.9 Å². The molecule has 7 heteroatoms. The summed E-state index contributed by atoms with van der Waals surface area (Å²) in [7, 11) is 0. The largest absolute Gasteiger partial charge is 0.353 e. The van der Waals surface area contributed by atoms with Crippen molar-refractivity contribution in [3.05, 3.63) is 17.6 Å². The van der Waals surface area contributed by atoms with E-state index >= 15 is 0 Å². The van der Waals surface area contributed by atoms with E-state index in [2.05, 4.69) is 35.1 Å². The van der Waals surface area contributed by atoms with Crippen molar-refractivity contribution in [2.24, 2.45) is 5.92 Å². The van der Waals surface area contributed by atoms with E-state index in [9.17, 15) is 4.79 Å². The zero-order chi connectivity index (χ0) is 17.1. The Kier molecular flexibility index (Phi) is 7.02. The molecule has 0 bridgehead atoms. The van der Waals surface area contributed by atoms with Crippen LogP contribution in [0.15, 0.2) is 6.07 Å². The molecule has 0 spiro atoms. The SMILES string of the molecule is Cc1cc(N2CCN(C(=O)C3CCNCC3)CC2)nc(C(C)C)n1.Cl. The second-order valence-corrected chi connectivity index (χ2v) is 7.22. The van der Waals surface area contributed by atoms with Gasteiger partial charge in [0, 0.05) is 49.8 Å². The minimum atomic E-state index is 0. The number of hydrogen-bond acceptors (Lipinski definition) is 5. The van der Waals surface area contributed by atoms with Gasteiger partial charge in [-0.2, -0.15) is 0 Å². The fraction of sp³-hybridized carbons (Fsp3) is 0.722. The molecule has 0 atom stereocenters. The molecule has 1 amide bonds. The molecule has 140 valence electrons. The number of amides is 1. The molecule has 25 heavy (non-hydrogen) atoms. The number of nitrogens with one attached hydrogen (secondary N) is 1. The number of rotatable bonds is 3. The summed E-state index contributed by atoms with van der Waals surface area (Å²) in [6.45, 7) is 11.5. The summed E-state index contributed by atoms with van der Waals surface area (Å²) in [6.07, 6.45) is 1.95. The van der Waals surface area contributed by atoms with Gasteiger partial charge in [0.05, 0.1) is 0 Å². The fourth-order valence-corrected chi connectivity index (χ4v) is 3.48. The first kappa shape index (κ1) is 19.9. The van der Waals surface area contributed by atoms with E-state index in [1.807, 2.05) is 11.8 Å². The van der Waals surface area contributed by atoms with Gasteiger partial charge in [-0.15, -0.1) is 12.4 Å². The lowest BCUT2D eigenvalue weighted by atomic mass is 9.96. The Bertz CT molecular complexity index is 581. The quantitative estimate of drug-likeness (QED) is 0.885. The third kappa shape index (κ3) is 4.82. The average Bonchev–Trinajstić information content (AvgIpc) is 2.61. The van der Waals surface area contributed by atoms with Gasteiger partial charge in [-0.3, -0.25) is 4.79 Å². The maximum atomic E-state index is 12.6. The smallest absolute Gasteiger partial charge is 0.225 e. The molecule has 1 aromatic heterocycles. The minimum absolute atomic E-state index is 0. The Hall–Kier alpha value is -1.40. The molecule has 2 aliphatic heterocycles. The first-order valence-electron chi connectivity index (χ1n) is 9.14. The molecular weight excluding hydrogens is 338 g/mol. The lowest BCUT2D eigenvalue weighted by Gasteiger charge is -2.37. The highest BCUT2D eigenvalue weighted by Crippen LogP contribution is 2.21. The third-order valence-corrected chi connectivity index (χ3v) is 4.98. The number of halogens is 1. The van der Waals surface area contributed by atoms with E-state index in [0.717, 1.165) is 69.4 Å². The molecule has 1 aromatic rings. The highest BCUT2D eigenvalue weighted by molar-refractivity contribution is 5.85. The molecule has 2 saturated heterocycles. The number of carbonyl (C=O) groups excluding carboxylic acids is 1. The van der Waals surface area contributed by atoms with E-state index < -0.39 is 0 Å². The molecule has 0 aromatic carbocycles. The number of aromatic nitrogens is 2. The zero-order valence-electron chi connectivity index (χ0n) is 15.5. The Labute approximate surface area is 156 Å². The van der Waals surface area contributed by atoms with E-state index in [4.69, 9.17) is 4.98 Å². The third-order valence-electron chi connectivity index (χ3n) is 4.98. The predicted octanol–water partition coefficient (Wildman–Crippen LogP) is 1.98. The van der Waals surface area contributed by atoms with E-state index in [-0.39, 0.29) is 18.3 Å². The molecule has 1 N–H and O–H groups in total. The van der Waals surface area contributed by atoms with Gasteiger partial charge in [-0.25, -0.2) is 9.97 Å². The standard InChI is InChI=1S/C18H29N5O.ClH/c1-13(2)17-20-14(3)12-16(21-17)22-8-10-23(11-9-22)18(24)15-4-6-19-7-5-15;/h12-13,15,19H,4-11H2,1-3H3;1H. The van der Waals surface area contributed by atoms with Gasteiger partial charge in [0.1, 0.15) is 11.6 Å². The zero-order valence-corrected chi connectivity index (χ0v) is 16.3. The normalized spacial score (nSPS) is 19.0. The average molecular weight is 368 g/mol. The van der Waals surface area contributed by atoms with Crippen molar-refractivity contribution in [2.75, 3.05) is 44.2 Å². The fourth-order valence-electron chi connectivity index (χ4n) is 3.48. The van der Waals surface area contributed by atoms with Crippen LogP contribution in [0.2, 0.25) is 0 Å². The molecule has 2 aliphatic rings. The summed E-state index contributed by atoms with van der Waals surface area (Å²) < 4.78 is 0. The summed E-state index contributed by atoms with van der Waals surface area (Å²) in [6, 6.07) is 2.05. The van der Waals surface area contributed by atoms with Crippen molar-refractivity contribution in [1.82, 2.24) is 20.2 Å². The van der Waals surface area contributed by atoms with Gasteiger partial charge in [0.2, 0.25) is 5.91 Å². The summed E-state index contributed by atoms with van der Waals surface area (Å²) in [4.78, 5) is 26.2. The predicted molar refractivity (Wildman–Crippen MR) is 102 cm³/mol. The van der Waals surface area contributed by atoms with Crippen LogP contribution in [0, 0.1) is 12.8 Å². The molecule has 2 fully saturated rings. The van der Waals surface area contributed by atoms with Crippen LogP contribution in [0.5, 0.6) is 0 Å². The van der Waals surface area contributed by atoms with Crippen molar-refractivity contribution in [2.45, 2.75) is 39.5 Å². The maximum Gasteiger partial charge on any atom is 0.225 e. The van der Waals surface area contributed by atoms with Crippen molar-refractivity contribution in [3.8, 4) is 0 Å². The van der Waals surface area contributed by atoms with Crippen molar-refractivity contribution in [3.63, 3.8) is 0 Å². The van der Waals surface area contributed by atoms with Crippen LogP contribution < -0.4 is 10.2 Å². The maximum absolute atomic E-state index is 12.6. The van der Waals surface area contributed by atoms with Crippen molar-refractivity contribution < 1.29 is 4.79 Å². The van der Waals surface area contributed by atoms with Crippen LogP contribution in [0.4, 0.5) is 5.82 Å². The molecule has 0 unspecified atom stereocenters. The Morgan fingerprint density at radius 1 is 1.16 bits per heavy atom. The Morgan fingerprint density at radius 3 is 2.40 bits per heavy atom. The number of piperidine rings is 1. The summed E-state index contributed by atoms with van der Waals surface area (Å²) >= 11 is 0. The van der Waals surface area contributed by atoms with Crippen LogP contribution in [0.3, 0.4) is 0 Å². The number of hydrogen-bond donors (Lipinski definition) is 1. The summed E-state index contributed by atoms with van der Waals surface area (Å²) in [5, 5.41) is 3.33. The highest BCUT2D eigenvalue weighted by atomic mass is 35.5. The van der Waals surface area contributed by atoms with Gasteiger partial charge in [0.15, 0.2) is 0 Å². The summed E-state index contributed by atoms with van der Waals surface area (Å²) in [5.74, 6) is 2.79. The van der Waals surface area contributed by atoms with Crippen LogP contribution in [0.1, 0.15) is 44.1 Å². The number of carbonyl (C=O) groups is 1. The van der Waals surface area contributed by atoms with Crippen molar-refractivity contribution >= 4 is 24.1 Å². The van der Waals surface area contributed by atoms with Crippen LogP contribution in [-0.2, 0) is 4.79 Å². The monoisotopic (exact) mass is 367 g/mol. The van der Waals surface area contributed by atoms with Gasteiger partial charge >= 0.3 is 0 Å². The summed E-state index contributed by atoms with van der Waals surface area (Å²) in [5.41, 5.74) is 1.01. The highest BCUT2D eigenvalue weighted by Gasteiger charge is 2.28. The lowest BCUT2D eigenvalue weighted by Crippen LogP contribution is -2.51.